The van der Waals surface area contributed by atoms with Crippen LogP contribution in [0.25, 0.3) is 22.2 Å². The van der Waals surface area contributed by atoms with Gasteiger partial charge in [0.05, 0.1) is 5.52 Å². The Balaban J connectivity index is 1.81. The van der Waals surface area contributed by atoms with Crippen molar-refractivity contribution in [2.24, 2.45) is 0 Å². The van der Waals surface area contributed by atoms with E-state index in [0.29, 0.717) is 0 Å². The highest BCUT2D eigenvalue weighted by Gasteiger charge is 2.27. The molecule has 1 N–H and O–H groups in total. The molecule has 3 nitrogen and oxygen atoms in total. The molecular weight excluding hydrogens is 306 g/mol. The number of aromatic amines is 1. The van der Waals surface area contributed by atoms with Gasteiger partial charge in [-0.25, -0.2) is 0 Å². The second kappa shape index (κ2) is 5.63. The quantitative estimate of drug-likeness (QED) is 0.715. The highest BCUT2D eigenvalue weighted by atomic mass is 15.1. The molecule has 0 bridgehead atoms. The Morgan fingerprint density at radius 2 is 2.00 bits per heavy atom. The van der Waals surface area contributed by atoms with E-state index >= 15 is 0 Å². The minimum absolute atomic E-state index is 1.06. The fourth-order valence-electron chi connectivity index (χ4n) is 4.71. The lowest BCUT2D eigenvalue weighted by atomic mass is 10.0. The lowest BCUT2D eigenvalue weighted by Gasteiger charge is -2.25. The normalized spacial score (nSPS) is 18.3. The third-order valence-corrected chi connectivity index (χ3v) is 5.90. The molecule has 3 heterocycles. The maximum Gasteiger partial charge on any atom is 0.0531 e. The topological polar surface area (TPSA) is 24.0 Å². The first-order valence-corrected chi connectivity index (χ1v) is 9.39. The number of nitrogens with one attached hydrogen (secondary N) is 1. The fourth-order valence-corrected chi connectivity index (χ4v) is 4.71. The molecule has 5 rings (SSSR count). The van der Waals surface area contributed by atoms with Crippen molar-refractivity contribution in [1.29, 1.82) is 0 Å². The van der Waals surface area contributed by atoms with Crippen molar-refractivity contribution in [2.45, 2.75) is 39.2 Å². The van der Waals surface area contributed by atoms with Crippen LogP contribution in [-0.4, -0.2) is 28.0 Å². The van der Waals surface area contributed by atoms with E-state index in [1.165, 1.54) is 52.6 Å². The van der Waals surface area contributed by atoms with Crippen molar-refractivity contribution in [3.05, 3.63) is 59.0 Å². The summed E-state index contributed by atoms with van der Waals surface area (Å²) in [6, 6.07) is 9.20. The summed E-state index contributed by atoms with van der Waals surface area (Å²) in [6.45, 7) is 4.42. The summed E-state index contributed by atoms with van der Waals surface area (Å²) < 4.78 is 2.62. The molecule has 128 valence electrons. The van der Waals surface area contributed by atoms with E-state index in [0.717, 1.165) is 19.5 Å². The summed E-state index contributed by atoms with van der Waals surface area (Å²) in [5.41, 5.74) is 10.3. The second-order valence-electron chi connectivity index (χ2n) is 7.65. The Morgan fingerprint density at radius 3 is 2.84 bits per heavy atom. The van der Waals surface area contributed by atoms with E-state index in [1.54, 1.807) is 11.3 Å². The largest absolute Gasteiger partial charge is 0.367 e. The standard InChI is InChI=1S/C22H25N3/c1-15-6-7-21-18(12-15)19-14-24(2)11-9-22(19)25(21)20-5-3-4-17(20)16-8-10-23-13-16/h6-8,10,12-13,23H,3-5,9,11,14H2,1-2H3. The van der Waals surface area contributed by atoms with E-state index in [1.807, 2.05) is 6.20 Å². The zero-order chi connectivity index (χ0) is 17.0. The van der Waals surface area contributed by atoms with Gasteiger partial charge >= 0.3 is 0 Å². The lowest BCUT2D eigenvalue weighted by molar-refractivity contribution is 0.311. The third kappa shape index (κ3) is 2.30. The minimum atomic E-state index is 1.06. The van der Waals surface area contributed by atoms with Gasteiger partial charge in [-0.3, -0.25) is 0 Å². The van der Waals surface area contributed by atoms with Crippen molar-refractivity contribution in [1.82, 2.24) is 14.5 Å². The molecule has 0 unspecified atom stereocenters. The number of likely N-dealkylation sites (N-methyl/N-ethyl adjacent to an activating group) is 1. The van der Waals surface area contributed by atoms with Gasteiger partial charge in [-0.15, -0.1) is 0 Å². The van der Waals surface area contributed by atoms with Crippen molar-refractivity contribution in [3.63, 3.8) is 0 Å². The number of aromatic nitrogens is 2. The van der Waals surface area contributed by atoms with Crippen LogP contribution < -0.4 is 0 Å². The molecule has 0 saturated carbocycles. The zero-order valence-electron chi connectivity index (χ0n) is 15.1. The summed E-state index contributed by atoms with van der Waals surface area (Å²) in [4.78, 5) is 5.68. The number of fused-ring (bicyclic) bond motifs is 3. The molecule has 1 aromatic carbocycles. The van der Waals surface area contributed by atoms with E-state index in [2.05, 4.69) is 58.9 Å². The number of allylic oxidation sites excluding steroid dienone is 2. The van der Waals surface area contributed by atoms with Crippen molar-refractivity contribution in [3.8, 4) is 0 Å². The summed E-state index contributed by atoms with van der Waals surface area (Å²) in [5, 5.41) is 1.45. The van der Waals surface area contributed by atoms with Crippen LogP contribution in [0.4, 0.5) is 0 Å². The Hall–Kier alpha value is -2.26. The molecule has 0 saturated heterocycles. The fraction of sp³-hybridized carbons (Fsp3) is 0.364. The average molecular weight is 331 g/mol. The Morgan fingerprint density at radius 1 is 1.08 bits per heavy atom. The minimum Gasteiger partial charge on any atom is -0.367 e. The van der Waals surface area contributed by atoms with E-state index in [9.17, 15) is 0 Å². The van der Waals surface area contributed by atoms with Crippen LogP contribution in [0.1, 0.15) is 41.6 Å². The molecule has 0 amide bonds. The highest BCUT2D eigenvalue weighted by Crippen LogP contribution is 2.42. The van der Waals surface area contributed by atoms with Crippen LogP contribution in [0.5, 0.6) is 0 Å². The summed E-state index contributed by atoms with van der Waals surface area (Å²) >= 11 is 0. The predicted molar refractivity (Wildman–Crippen MR) is 104 cm³/mol. The van der Waals surface area contributed by atoms with Crippen molar-refractivity contribution in [2.75, 3.05) is 13.6 Å². The molecule has 3 heteroatoms. The molecule has 1 aliphatic carbocycles. The SMILES string of the molecule is Cc1ccc2c(c1)c1c(n2C2=C(c3cc[nH]c3)CCC2)CCN(C)C1. The van der Waals surface area contributed by atoms with Gasteiger partial charge in [0.2, 0.25) is 0 Å². The zero-order valence-corrected chi connectivity index (χ0v) is 15.1. The Labute approximate surface area is 149 Å². The second-order valence-corrected chi connectivity index (χ2v) is 7.65. The first-order valence-electron chi connectivity index (χ1n) is 9.39. The van der Waals surface area contributed by atoms with Crippen molar-refractivity contribution >= 4 is 22.2 Å². The van der Waals surface area contributed by atoms with Crippen LogP contribution in [0.3, 0.4) is 0 Å². The molecule has 0 spiro atoms. The maximum absolute atomic E-state index is 3.24. The molecule has 1 aliphatic heterocycles. The van der Waals surface area contributed by atoms with E-state index in [4.69, 9.17) is 0 Å². The van der Waals surface area contributed by atoms with Gasteiger partial charge in [-0.2, -0.15) is 0 Å². The predicted octanol–water partition coefficient (Wildman–Crippen LogP) is 4.82. The highest BCUT2D eigenvalue weighted by molar-refractivity contribution is 5.95. The number of hydrogen-bond acceptors (Lipinski definition) is 1. The van der Waals surface area contributed by atoms with Gasteiger partial charge in [0.15, 0.2) is 0 Å². The molecule has 0 fully saturated rings. The van der Waals surface area contributed by atoms with Gasteiger partial charge in [0.25, 0.3) is 0 Å². The molecule has 0 atom stereocenters. The monoisotopic (exact) mass is 331 g/mol. The smallest absolute Gasteiger partial charge is 0.0531 e. The van der Waals surface area contributed by atoms with Crippen LogP contribution in [0.2, 0.25) is 0 Å². The molecule has 2 aromatic heterocycles. The van der Waals surface area contributed by atoms with Gasteiger partial charge in [-0.05, 0) is 68.1 Å². The number of rotatable bonds is 2. The first kappa shape index (κ1) is 15.0. The number of benzene rings is 1. The van der Waals surface area contributed by atoms with Gasteiger partial charge in [0.1, 0.15) is 0 Å². The number of nitrogens with zero attached hydrogens (tertiary/aromatic N) is 2. The van der Waals surface area contributed by atoms with Crippen LogP contribution in [0.15, 0.2) is 36.7 Å². The Bertz CT molecular complexity index is 973. The maximum atomic E-state index is 3.24. The van der Waals surface area contributed by atoms with Gasteiger partial charge in [-0.1, -0.05) is 11.6 Å². The van der Waals surface area contributed by atoms with Crippen LogP contribution >= 0.6 is 0 Å². The van der Waals surface area contributed by atoms with Crippen LogP contribution in [-0.2, 0) is 13.0 Å². The molecule has 0 radical (unpaired) electrons. The Kier molecular flexibility index (Phi) is 3.39. The summed E-state index contributed by atoms with van der Waals surface area (Å²) in [6.07, 6.45) is 8.96. The summed E-state index contributed by atoms with van der Waals surface area (Å²) in [5.74, 6) is 0. The number of H-pyrrole nitrogens is 1. The lowest BCUT2D eigenvalue weighted by Crippen LogP contribution is -2.27. The van der Waals surface area contributed by atoms with Gasteiger partial charge in [0, 0.05) is 48.7 Å². The molecule has 25 heavy (non-hydrogen) atoms. The van der Waals surface area contributed by atoms with Crippen LogP contribution in [0, 0.1) is 6.92 Å². The third-order valence-electron chi connectivity index (χ3n) is 5.90. The number of hydrogen-bond donors (Lipinski definition) is 1. The molecular formula is C22H25N3. The summed E-state index contributed by atoms with van der Waals surface area (Å²) in [7, 11) is 2.24. The van der Waals surface area contributed by atoms with E-state index < -0.39 is 0 Å². The molecule has 3 aromatic rings. The van der Waals surface area contributed by atoms with Crippen molar-refractivity contribution < 1.29 is 0 Å². The van der Waals surface area contributed by atoms with Gasteiger partial charge < -0.3 is 14.5 Å². The molecule has 2 aliphatic rings. The van der Waals surface area contributed by atoms with E-state index in [-0.39, 0.29) is 0 Å². The first-order chi connectivity index (χ1) is 12.2. The number of aryl methyl sites for hydroxylation is 1. The average Bonchev–Trinajstić information content (AvgIpc) is 3.32.